The number of likely N-dealkylation sites (tertiary alicyclic amines) is 1. The topological polar surface area (TPSA) is 108 Å². The number of amides is 2. The summed E-state index contributed by atoms with van der Waals surface area (Å²) in [5.74, 6) is -4.93. The highest BCUT2D eigenvalue weighted by atomic mass is 19.4. The zero-order valence-electron chi connectivity index (χ0n) is 17.2. The molecule has 13 heteroatoms. The van der Waals surface area contributed by atoms with Crippen molar-refractivity contribution >= 4 is 18.0 Å². The van der Waals surface area contributed by atoms with Crippen LogP contribution in [0.3, 0.4) is 0 Å². The Morgan fingerprint density at radius 1 is 1.16 bits per heavy atom. The highest BCUT2D eigenvalue weighted by molar-refractivity contribution is 5.94. The van der Waals surface area contributed by atoms with Gasteiger partial charge in [0, 0.05) is 38.3 Å². The summed E-state index contributed by atoms with van der Waals surface area (Å²) in [5, 5.41) is 13.0. The van der Waals surface area contributed by atoms with E-state index in [1.165, 1.54) is 0 Å². The first-order chi connectivity index (χ1) is 15.0. The third kappa shape index (κ3) is 9.45. The van der Waals surface area contributed by atoms with E-state index in [4.69, 9.17) is 14.6 Å². The Balaban J connectivity index is 0.000000633. The summed E-state index contributed by atoms with van der Waals surface area (Å²) in [5.41, 5.74) is -0.177. The maximum Gasteiger partial charge on any atom is 0.490 e. The van der Waals surface area contributed by atoms with Gasteiger partial charge in [-0.2, -0.15) is 13.2 Å². The Labute approximate surface area is 180 Å². The van der Waals surface area contributed by atoms with Gasteiger partial charge in [-0.25, -0.2) is 18.4 Å². The van der Waals surface area contributed by atoms with E-state index in [9.17, 15) is 31.5 Å². The first-order valence-electron chi connectivity index (χ1n) is 9.64. The summed E-state index contributed by atoms with van der Waals surface area (Å²) in [7, 11) is 0. The standard InChI is InChI=1S/C17H23F2N3O3.C2HF3O2/c1-2-25-17(24)22-9-5-13(6-10-22)20-7-8-21-16(23)14-4-3-12(18)11-15(14)19;3-2(4,5)1(6)7/h3-4,11,13,20H,2,5-10H2,1H3,(H,21,23);(H,6,7). The molecular weight excluding hydrogens is 445 g/mol. The Bertz CT molecular complexity index is 783. The second-order valence-corrected chi connectivity index (χ2v) is 6.60. The molecular formula is C19H24F5N3O5. The molecule has 3 N–H and O–H groups in total. The van der Waals surface area contributed by atoms with Crippen LogP contribution in [0.5, 0.6) is 0 Å². The number of carbonyl (C=O) groups excluding carboxylic acids is 2. The smallest absolute Gasteiger partial charge is 0.475 e. The fourth-order valence-corrected chi connectivity index (χ4v) is 2.70. The average molecular weight is 469 g/mol. The van der Waals surface area contributed by atoms with Crippen LogP contribution in [0.2, 0.25) is 0 Å². The van der Waals surface area contributed by atoms with Crippen molar-refractivity contribution in [3.63, 3.8) is 0 Å². The van der Waals surface area contributed by atoms with Crippen LogP contribution in [-0.2, 0) is 9.53 Å². The van der Waals surface area contributed by atoms with Gasteiger partial charge in [0.1, 0.15) is 11.6 Å². The number of nitrogens with one attached hydrogen (secondary N) is 2. The quantitative estimate of drug-likeness (QED) is 0.437. The minimum Gasteiger partial charge on any atom is -0.475 e. The molecule has 1 heterocycles. The van der Waals surface area contributed by atoms with E-state index in [0.29, 0.717) is 38.9 Å². The molecule has 8 nitrogen and oxygen atoms in total. The van der Waals surface area contributed by atoms with Crippen LogP contribution in [0.25, 0.3) is 0 Å². The number of nitrogens with zero attached hydrogens (tertiary/aromatic N) is 1. The molecule has 0 aromatic heterocycles. The van der Waals surface area contributed by atoms with Crippen LogP contribution in [0.1, 0.15) is 30.1 Å². The molecule has 2 amide bonds. The Kier molecular flexibility index (Phi) is 10.8. The molecule has 2 rings (SSSR count). The van der Waals surface area contributed by atoms with Crippen LogP contribution in [-0.4, -0.2) is 73.0 Å². The molecule has 0 spiro atoms. The summed E-state index contributed by atoms with van der Waals surface area (Å²) < 4.78 is 63.0. The molecule has 0 bridgehead atoms. The zero-order chi connectivity index (χ0) is 24.3. The third-order valence-corrected chi connectivity index (χ3v) is 4.28. The molecule has 0 saturated carbocycles. The molecule has 1 aliphatic rings. The number of hydrogen-bond acceptors (Lipinski definition) is 5. The van der Waals surface area contributed by atoms with Gasteiger partial charge in [-0.05, 0) is 31.9 Å². The maximum atomic E-state index is 13.5. The summed E-state index contributed by atoms with van der Waals surface area (Å²) in [6, 6.07) is 3.11. The summed E-state index contributed by atoms with van der Waals surface area (Å²) >= 11 is 0. The summed E-state index contributed by atoms with van der Waals surface area (Å²) in [6.07, 6.45) is -3.76. The lowest BCUT2D eigenvalue weighted by Gasteiger charge is -2.31. The lowest BCUT2D eigenvalue weighted by molar-refractivity contribution is -0.192. The number of carbonyl (C=O) groups is 3. The first-order valence-corrected chi connectivity index (χ1v) is 9.64. The van der Waals surface area contributed by atoms with Crippen LogP contribution < -0.4 is 10.6 Å². The Morgan fingerprint density at radius 2 is 1.75 bits per heavy atom. The van der Waals surface area contributed by atoms with Crippen molar-refractivity contribution in [2.45, 2.75) is 32.0 Å². The van der Waals surface area contributed by atoms with E-state index in [2.05, 4.69) is 10.6 Å². The highest BCUT2D eigenvalue weighted by Crippen LogP contribution is 2.13. The molecule has 1 aliphatic heterocycles. The number of halogens is 5. The molecule has 0 aliphatic carbocycles. The van der Waals surface area contributed by atoms with E-state index in [1.807, 2.05) is 0 Å². The number of hydrogen-bond donors (Lipinski definition) is 3. The van der Waals surface area contributed by atoms with Crippen molar-refractivity contribution in [2.24, 2.45) is 0 Å². The van der Waals surface area contributed by atoms with Gasteiger partial charge in [0.15, 0.2) is 0 Å². The van der Waals surface area contributed by atoms with Gasteiger partial charge in [0.2, 0.25) is 0 Å². The molecule has 1 saturated heterocycles. The molecule has 1 fully saturated rings. The van der Waals surface area contributed by atoms with E-state index >= 15 is 0 Å². The van der Waals surface area contributed by atoms with Gasteiger partial charge in [-0.15, -0.1) is 0 Å². The monoisotopic (exact) mass is 469 g/mol. The second kappa shape index (κ2) is 12.8. The normalized spacial score (nSPS) is 14.2. The molecule has 32 heavy (non-hydrogen) atoms. The number of alkyl halides is 3. The zero-order valence-corrected chi connectivity index (χ0v) is 17.2. The largest absolute Gasteiger partial charge is 0.490 e. The van der Waals surface area contributed by atoms with Crippen molar-refractivity contribution in [1.82, 2.24) is 15.5 Å². The molecule has 0 radical (unpaired) electrons. The number of piperidine rings is 1. The van der Waals surface area contributed by atoms with Crippen LogP contribution in [0, 0.1) is 11.6 Å². The van der Waals surface area contributed by atoms with Crippen molar-refractivity contribution in [3.8, 4) is 0 Å². The average Bonchev–Trinajstić information content (AvgIpc) is 2.71. The van der Waals surface area contributed by atoms with Gasteiger partial charge in [0.25, 0.3) is 5.91 Å². The van der Waals surface area contributed by atoms with E-state index in [0.717, 1.165) is 25.0 Å². The SMILES string of the molecule is CCOC(=O)N1CCC(NCCNC(=O)c2ccc(F)cc2F)CC1.O=C(O)C(F)(F)F. The van der Waals surface area contributed by atoms with E-state index in [-0.39, 0.29) is 17.7 Å². The van der Waals surface area contributed by atoms with Gasteiger partial charge >= 0.3 is 18.2 Å². The number of ether oxygens (including phenoxy) is 1. The summed E-state index contributed by atoms with van der Waals surface area (Å²) in [6.45, 7) is 4.25. The van der Waals surface area contributed by atoms with Crippen molar-refractivity contribution in [2.75, 3.05) is 32.8 Å². The predicted octanol–water partition coefficient (Wildman–Crippen LogP) is 2.54. The predicted molar refractivity (Wildman–Crippen MR) is 102 cm³/mol. The lowest BCUT2D eigenvalue weighted by Crippen LogP contribution is -2.46. The third-order valence-electron chi connectivity index (χ3n) is 4.28. The molecule has 180 valence electrons. The fraction of sp³-hybridized carbons (Fsp3) is 0.526. The van der Waals surface area contributed by atoms with E-state index in [1.54, 1.807) is 11.8 Å². The van der Waals surface area contributed by atoms with Gasteiger partial charge in [0.05, 0.1) is 12.2 Å². The number of aliphatic carboxylic acids is 1. The van der Waals surface area contributed by atoms with Gasteiger partial charge in [-0.3, -0.25) is 4.79 Å². The van der Waals surface area contributed by atoms with Gasteiger partial charge < -0.3 is 25.4 Å². The molecule has 0 unspecified atom stereocenters. The lowest BCUT2D eigenvalue weighted by atomic mass is 10.1. The number of carboxylic acid groups (broad SMARTS) is 1. The number of carboxylic acids is 1. The molecule has 0 atom stereocenters. The van der Waals surface area contributed by atoms with Crippen molar-refractivity contribution in [1.29, 1.82) is 0 Å². The van der Waals surface area contributed by atoms with Gasteiger partial charge in [-0.1, -0.05) is 0 Å². The minimum atomic E-state index is -5.08. The molecule has 1 aromatic rings. The number of benzene rings is 1. The highest BCUT2D eigenvalue weighted by Gasteiger charge is 2.38. The van der Waals surface area contributed by atoms with E-state index < -0.39 is 29.7 Å². The van der Waals surface area contributed by atoms with Crippen LogP contribution in [0.4, 0.5) is 26.7 Å². The number of rotatable bonds is 6. The Morgan fingerprint density at radius 3 is 2.25 bits per heavy atom. The minimum absolute atomic E-state index is 0.177. The molecule has 1 aromatic carbocycles. The second-order valence-electron chi connectivity index (χ2n) is 6.60. The fourth-order valence-electron chi connectivity index (χ4n) is 2.70. The van der Waals surface area contributed by atoms with Crippen molar-refractivity contribution in [3.05, 3.63) is 35.4 Å². The Hall–Kier alpha value is -2.96. The van der Waals surface area contributed by atoms with Crippen LogP contribution >= 0.6 is 0 Å². The van der Waals surface area contributed by atoms with Crippen LogP contribution in [0.15, 0.2) is 18.2 Å². The summed E-state index contributed by atoms with van der Waals surface area (Å²) in [4.78, 5) is 34.0. The maximum absolute atomic E-state index is 13.5. The van der Waals surface area contributed by atoms with Crippen molar-refractivity contribution < 1.29 is 46.2 Å². The first kappa shape index (κ1) is 27.1.